The molecule has 0 aromatic heterocycles. The van der Waals surface area contributed by atoms with Gasteiger partial charge in [0.25, 0.3) is 7.82 Å². The minimum atomic E-state index is -4.30. The van der Waals surface area contributed by atoms with Crippen molar-refractivity contribution in [3.05, 3.63) is 0 Å². The maximum absolute atomic E-state index is 11.0. The third-order valence-electron chi connectivity index (χ3n) is 1.99. The average Bonchev–Trinajstić information content (AvgIpc) is 2.14. The van der Waals surface area contributed by atoms with Crippen molar-refractivity contribution in [2.75, 3.05) is 53.6 Å². The molecule has 0 saturated carbocycles. The molecule has 0 aromatic rings. The Balaban J connectivity index is 3.83. The van der Waals surface area contributed by atoms with Gasteiger partial charge in [0.2, 0.25) is 0 Å². The van der Waals surface area contributed by atoms with Crippen LogP contribution in [0, 0.1) is 0 Å². The minimum Gasteiger partial charge on any atom is -0.756 e. The summed E-state index contributed by atoms with van der Waals surface area (Å²) >= 11 is 0. The van der Waals surface area contributed by atoms with Crippen LogP contribution < -0.4 is 4.89 Å². The Labute approximate surface area is 95.4 Å². The van der Waals surface area contributed by atoms with Crippen LogP contribution in [0.25, 0.3) is 0 Å². The van der Waals surface area contributed by atoms with Crippen molar-refractivity contribution >= 4 is 7.82 Å². The summed E-state index contributed by atoms with van der Waals surface area (Å²) < 4.78 is 20.4. The van der Waals surface area contributed by atoms with Gasteiger partial charge in [0, 0.05) is 0 Å². The highest BCUT2D eigenvalue weighted by atomic mass is 31.2. The van der Waals surface area contributed by atoms with E-state index in [1.807, 2.05) is 14.1 Å². The molecule has 0 aliphatic rings. The van der Waals surface area contributed by atoms with Crippen LogP contribution in [0.15, 0.2) is 0 Å². The predicted octanol–water partition coefficient (Wildman–Crippen LogP) is -1.45. The monoisotopic (exact) mass is 257 g/mol. The molecule has 0 bridgehead atoms. The normalized spacial score (nSPS) is 16.1. The molecule has 0 rings (SSSR count). The number of phosphoric acid groups is 1. The lowest BCUT2D eigenvalue weighted by Crippen LogP contribution is -2.44. The second-order valence-corrected chi connectivity index (χ2v) is 5.35. The van der Waals surface area contributed by atoms with Crippen molar-refractivity contribution in [2.24, 2.45) is 0 Å². The standard InChI is InChI=1S/C8H20NO6P/c1-9(2,3-5-10)4-7-14-16(12,13)15-8-6-11/h10-11H,3-8H2,1-2H3. The summed E-state index contributed by atoms with van der Waals surface area (Å²) in [7, 11) is -0.594. The van der Waals surface area contributed by atoms with Gasteiger partial charge < -0.3 is 28.6 Å². The summed E-state index contributed by atoms with van der Waals surface area (Å²) in [6.07, 6.45) is 0. The van der Waals surface area contributed by atoms with Crippen molar-refractivity contribution in [3.8, 4) is 0 Å². The zero-order valence-electron chi connectivity index (χ0n) is 9.66. The molecule has 0 saturated heterocycles. The lowest BCUT2D eigenvalue weighted by atomic mass is 10.4. The maximum Gasteiger partial charge on any atom is 0.268 e. The molecule has 98 valence electrons. The largest absolute Gasteiger partial charge is 0.756 e. The number of quaternary nitrogens is 1. The molecule has 2 N–H and O–H groups in total. The van der Waals surface area contributed by atoms with Crippen LogP contribution in [0.2, 0.25) is 0 Å². The van der Waals surface area contributed by atoms with E-state index in [1.165, 1.54) is 0 Å². The number of phosphoric ester groups is 1. The highest BCUT2D eigenvalue weighted by Crippen LogP contribution is 2.37. The van der Waals surface area contributed by atoms with Crippen LogP contribution >= 0.6 is 7.82 Å². The van der Waals surface area contributed by atoms with E-state index in [-0.39, 0.29) is 26.4 Å². The summed E-state index contributed by atoms with van der Waals surface area (Å²) in [5, 5.41) is 17.1. The Morgan fingerprint density at radius 2 is 1.69 bits per heavy atom. The van der Waals surface area contributed by atoms with Crippen LogP contribution in [-0.4, -0.2) is 68.3 Å². The topological polar surface area (TPSA) is 99.1 Å². The van der Waals surface area contributed by atoms with E-state index < -0.39 is 7.82 Å². The highest BCUT2D eigenvalue weighted by Gasteiger charge is 2.16. The van der Waals surface area contributed by atoms with Gasteiger partial charge in [-0.15, -0.1) is 0 Å². The fourth-order valence-electron chi connectivity index (χ4n) is 0.972. The molecule has 16 heavy (non-hydrogen) atoms. The Kier molecular flexibility index (Phi) is 7.34. The lowest BCUT2D eigenvalue weighted by molar-refractivity contribution is -0.890. The summed E-state index contributed by atoms with van der Waals surface area (Å²) in [4.78, 5) is 11.0. The molecule has 0 aromatic carbocycles. The van der Waals surface area contributed by atoms with E-state index in [9.17, 15) is 9.46 Å². The van der Waals surface area contributed by atoms with E-state index in [2.05, 4.69) is 9.05 Å². The van der Waals surface area contributed by atoms with E-state index in [4.69, 9.17) is 10.2 Å². The molecule has 1 atom stereocenters. The van der Waals surface area contributed by atoms with Crippen molar-refractivity contribution in [1.29, 1.82) is 0 Å². The number of aliphatic hydroxyl groups excluding tert-OH is 2. The lowest BCUT2D eigenvalue weighted by Gasteiger charge is -2.30. The van der Waals surface area contributed by atoms with Crippen LogP contribution in [0.4, 0.5) is 0 Å². The zero-order valence-corrected chi connectivity index (χ0v) is 10.6. The van der Waals surface area contributed by atoms with Gasteiger partial charge in [-0.2, -0.15) is 0 Å². The van der Waals surface area contributed by atoms with Crippen molar-refractivity contribution in [2.45, 2.75) is 0 Å². The number of aliphatic hydroxyl groups is 2. The van der Waals surface area contributed by atoms with Gasteiger partial charge in [0.1, 0.15) is 19.7 Å². The third-order valence-corrected chi connectivity index (χ3v) is 2.99. The Hall–Kier alpha value is -0.0100. The first-order chi connectivity index (χ1) is 7.33. The molecule has 1 unspecified atom stereocenters. The molecular weight excluding hydrogens is 237 g/mol. The number of nitrogens with zero attached hydrogens (tertiary/aromatic N) is 1. The second kappa shape index (κ2) is 7.34. The van der Waals surface area contributed by atoms with Crippen molar-refractivity contribution in [3.63, 3.8) is 0 Å². The second-order valence-electron chi connectivity index (χ2n) is 3.94. The van der Waals surface area contributed by atoms with Gasteiger partial charge in [-0.25, -0.2) is 0 Å². The van der Waals surface area contributed by atoms with E-state index in [0.29, 0.717) is 17.6 Å². The Morgan fingerprint density at radius 1 is 1.12 bits per heavy atom. The van der Waals surface area contributed by atoms with E-state index in [1.54, 1.807) is 0 Å². The molecule has 7 nitrogen and oxygen atoms in total. The first-order valence-corrected chi connectivity index (χ1v) is 6.43. The average molecular weight is 257 g/mol. The zero-order chi connectivity index (χ0) is 12.7. The quantitative estimate of drug-likeness (QED) is 0.387. The summed E-state index contributed by atoms with van der Waals surface area (Å²) in [5.41, 5.74) is 0. The SMILES string of the molecule is C[N+](C)(CCO)CCOP(=O)([O-])OCCO. The van der Waals surface area contributed by atoms with Gasteiger partial charge in [0.05, 0.1) is 33.9 Å². The van der Waals surface area contributed by atoms with Crippen LogP contribution in [0.5, 0.6) is 0 Å². The summed E-state index contributed by atoms with van der Waals surface area (Å²) in [5.74, 6) is 0. The Morgan fingerprint density at radius 3 is 2.19 bits per heavy atom. The Bertz CT molecular complexity index is 235. The first kappa shape index (κ1) is 16.0. The summed E-state index contributed by atoms with van der Waals surface area (Å²) in [6, 6.07) is 0. The van der Waals surface area contributed by atoms with Gasteiger partial charge in [-0.1, -0.05) is 0 Å². The third kappa shape index (κ3) is 8.18. The molecule has 0 aliphatic heterocycles. The summed E-state index contributed by atoms with van der Waals surface area (Å²) in [6.45, 7) is 0.304. The van der Waals surface area contributed by atoms with Gasteiger partial charge in [-0.05, 0) is 0 Å². The maximum atomic E-state index is 11.0. The minimum absolute atomic E-state index is 0.0147. The molecule has 8 heteroatoms. The number of hydrogen-bond acceptors (Lipinski definition) is 6. The predicted molar refractivity (Wildman–Crippen MR) is 55.5 cm³/mol. The fraction of sp³-hybridized carbons (Fsp3) is 1.00. The first-order valence-electron chi connectivity index (χ1n) is 4.97. The number of rotatable bonds is 9. The number of hydrogen-bond donors (Lipinski definition) is 2. The van der Waals surface area contributed by atoms with Crippen molar-refractivity contribution < 1.29 is 33.2 Å². The van der Waals surface area contributed by atoms with Gasteiger partial charge in [-0.3, -0.25) is 4.57 Å². The fourth-order valence-corrected chi connectivity index (χ4v) is 1.66. The van der Waals surface area contributed by atoms with E-state index >= 15 is 0 Å². The molecular formula is C8H20NO6P. The molecule has 0 fully saturated rings. The number of likely N-dealkylation sites (N-methyl/N-ethyl adjacent to an activating group) is 1. The highest BCUT2D eigenvalue weighted by molar-refractivity contribution is 7.45. The van der Waals surface area contributed by atoms with Crippen LogP contribution in [-0.2, 0) is 13.6 Å². The van der Waals surface area contributed by atoms with Gasteiger partial charge >= 0.3 is 0 Å². The molecule has 0 radical (unpaired) electrons. The van der Waals surface area contributed by atoms with Crippen molar-refractivity contribution in [1.82, 2.24) is 0 Å². The van der Waals surface area contributed by atoms with Crippen LogP contribution in [0.1, 0.15) is 0 Å². The molecule has 0 aliphatic carbocycles. The molecule has 0 spiro atoms. The molecule has 0 amide bonds. The molecule has 0 heterocycles. The smallest absolute Gasteiger partial charge is 0.268 e. The van der Waals surface area contributed by atoms with Gasteiger partial charge in [0.15, 0.2) is 0 Å². The van der Waals surface area contributed by atoms with Crippen LogP contribution in [0.3, 0.4) is 0 Å². The van der Waals surface area contributed by atoms with E-state index in [0.717, 1.165) is 0 Å².